The number of carboxylic acids is 1. The van der Waals surface area contributed by atoms with Crippen molar-refractivity contribution in [3.8, 4) is 0 Å². The largest absolute Gasteiger partial charge is 0.480 e. The number of anilines is 1. The molecule has 0 aliphatic rings. The van der Waals surface area contributed by atoms with Crippen LogP contribution in [0.4, 0.5) is 17.1 Å². The van der Waals surface area contributed by atoms with Gasteiger partial charge in [-0.25, -0.2) is 4.79 Å². The summed E-state index contributed by atoms with van der Waals surface area (Å²) in [7, 11) is 0. The molecule has 2 rings (SSSR count). The van der Waals surface area contributed by atoms with Crippen LogP contribution in [0.2, 0.25) is 0 Å². The zero-order valence-electron chi connectivity index (χ0n) is 12.6. The van der Waals surface area contributed by atoms with Gasteiger partial charge in [0, 0.05) is 6.07 Å². The minimum atomic E-state index is -1.59. The SMILES string of the molecule is O=C(O)[C@@H](Nc1ccc([N+](=O)[O-])cc1[N+](=O)[O-])[C@H](O)c1ccccc1. The highest BCUT2D eigenvalue weighted by molar-refractivity contribution is 5.80. The van der Waals surface area contributed by atoms with Crippen molar-refractivity contribution in [1.29, 1.82) is 0 Å². The Balaban J connectivity index is 2.38. The smallest absolute Gasteiger partial charge is 0.329 e. The fourth-order valence-electron chi connectivity index (χ4n) is 2.19. The van der Waals surface area contributed by atoms with Gasteiger partial charge in [-0.3, -0.25) is 20.2 Å². The molecule has 10 heteroatoms. The number of aliphatic carboxylic acids is 1. The van der Waals surface area contributed by atoms with Gasteiger partial charge in [0.25, 0.3) is 11.4 Å². The molecule has 0 saturated heterocycles. The number of non-ortho nitro benzene ring substituents is 1. The maximum Gasteiger partial charge on any atom is 0.329 e. The van der Waals surface area contributed by atoms with Crippen LogP contribution < -0.4 is 5.32 Å². The predicted octanol–water partition coefficient (Wildman–Crippen LogP) is 2.10. The average Bonchev–Trinajstić information content (AvgIpc) is 2.59. The van der Waals surface area contributed by atoms with Gasteiger partial charge in [-0.05, 0) is 11.6 Å². The molecule has 0 fully saturated rings. The Bertz CT molecular complexity index is 810. The van der Waals surface area contributed by atoms with Crippen LogP contribution in [0.3, 0.4) is 0 Å². The second-order valence-corrected chi connectivity index (χ2v) is 5.03. The van der Waals surface area contributed by atoms with Crippen molar-refractivity contribution < 1.29 is 24.9 Å². The second-order valence-electron chi connectivity index (χ2n) is 5.03. The third kappa shape index (κ3) is 4.06. The van der Waals surface area contributed by atoms with Gasteiger partial charge in [-0.2, -0.15) is 0 Å². The Morgan fingerprint density at radius 1 is 1.04 bits per heavy atom. The molecule has 0 saturated carbocycles. The van der Waals surface area contributed by atoms with E-state index in [1.807, 2.05) is 0 Å². The number of hydrogen-bond acceptors (Lipinski definition) is 7. The van der Waals surface area contributed by atoms with Crippen LogP contribution in [-0.2, 0) is 4.79 Å². The van der Waals surface area contributed by atoms with E-state index in [1.165, 1.54) is 12.1 Å². The van der Waals surface area contributed by atoms with Crippen LogP contribution in [0.1, 0.15) is 11.7 Å². The molecular weight excluding hydrogens is 334 g/mol. The van der Waals surface area contributed by atoms with Crippen LogP contribution in [0.25, 0.3) is 0 Å². The normalized spacial score (nSPS) is 12.8. The van der Waals surface area contributed by atoms with Crippen LogP contribution in [0, 0.1) is 20.2 Å². The van der Waals surface area contributed by atoms with Crippen LogP contribution in [0.15, 0.2) is 48.5 Å². The molecule has 0 unspecified atom stereocenters. The second kappa shape index (κ2) is 7.36. The number of nitrogens with one attached hydrogen (secondary N) is 1. The summed E-state index contributed by atoms with van der Waals surface area (Å²) in [4.78, 5) is 31.7. The number of hydrogen-bond donors (Lipinski definition) is 3. The molecule has 2 aromatic rings. The summed E-state index contributed by atoms with van der Waals surface area (Å²) in [5.74, 6) is -1.44. The highest BCUT2D eigenvalue weighted by Crippen LogP contribution is 2.31. The topological polar surface area (TPSA) is 156 Å². The summed E-state index contributed by atoms with van der Waals surface area (Å²) in [5, 5.41) is 43.8. The monoisotopic (exact) mass is 347 g/mol. The number of carboxylic acid groups (broad SMARTS) is 1. The maximum absolute atomic E-state index is 11.5. The highest BCUT2D eigenvalue weighted by Gasteiger charge is 2.30. The number of nitro benzene ring substituents is 2. The van der Waals surface area contributed by atoms with Gasteiger partial charge in [0.05, 0.1) is 15.9 Å². The van der Waals surface area contributed by atoms with Gasteiger partial charge in [-0.1, -0.05) is 30.3 Å². The third-order valence-corrected chi connectivity index (χ3v) is 3.42. The Hall–Kier alpha value is -3.53. The average molecular weight is 347 g/mol. The molecule has 3 N–H and O–H groups in total. The lowest BCUT2D eigenvalue weighted by Crippen LogP contribution is -2.35. The van der Waals surface area contributed by atoms with Crippen molar-refractivity contribution in [3.05, 3.63) is 74.3 Å². The lowest BCUT2D eigenvalue weighted by atomic mass is 10.0. The van der Waals surface area contributed by atoms with E-state index in [0.29, 0.717) is 5.56 Å². The van der Waals surface area contributed by atoms with E-state index < -0.39 is 39.3 Å². The van der Waals surface area contributed by atoms with Crippen molar-refractivity contribution in [1.82, 2.24) is 0 Å². The molecule has 10 nitrogen and oxygen atoms in total. The van der Waals surface area contributed by atoms with E-state index in [0.717, 1.165) is 18.2 Å². The molecule has 0 aromatic heterocycles. The molecule has 0 heterocycles. The van der Waals surface area contributed by atoms with Crippen molar-refractivity contribution in [2.24, 2.45) is 0 Å². The summed E-state index contributed by atoms with van der Waals surface area (Å²) < 4.78 is 0. The van der Waals surface area contributed by atoms with E-state index in [4.69, 9.17) is 0 Å². The van der Waals surface area contributed by atoms with Crippen LogP contribution in [-0.4, -0.2) is 32.1 Å². The molecule has 0 spiro atoms. The minimum Gasteiger partial charge on any atom is -0.480 e. The van der Waals surface area contributed by atoms with Crippen LogP contribution in [0.5, 0.6) is 0 Å². The van der Waals surface area contributed by atoms with E-state index in [2.05, 4.69) is 5.32 Å². The Labute approximate surface area is 140 Å². The third-order valence-electron chi connectivity index (χ3n) is 3.42. The van der Waals surface area contributed by atoms with Gasteiger partial charge >= 0.3 is 5.97 Å². The Morgan fingerprint density at radius 2 is 1.68 bits per heavy atom. The van der Waals surface area contributed by atoms with Crippen LogP contribution >= 0.6 is 0 Å². The fraction of sp³-hybridized carbons (Fsp3) is 0.133. The summed E-state index contributed by atoms with van der Waals surface area (Å²) >= 11 is 0. The van der Waals surface area contributed by atoms with Crippen molar-refractivity contribution in [3.63, 3.8) is 0 Å². The molecule has 0 aliphatic carbocycles. The van der Waals surface area contributed by atoms with E-state index in [-0.39, 0.29) is 5.69 Å². The summed E-state index contributed by atoms with van der Waals surface area (Å²) in [6.45, 7) is 0. The number of nitrogens with zero attached hydrogens (tertiary/aromatic N) is 2. The zero-order chi connectivity index (χ0) is 18.6. The van der Waals surface area contributed by atoms with E-state index in [9.17, 15) is 35.2 Å². The number of benzene rings is 2. The number of carbonyl (C=O) groups is 1. The maximum atomic E-state index is 11.5. The minimum absolute atomic E-state index is 0.252. The zero-order valence-corrected chi connectivity index (χ0v) is 12.6. The first-order valence-electron chi connectivity index (χ1n) is 6.96. The first-order chi connectivity index (χ1) is 11.8. The van der Waals surface area contributed by atoms with Gasteiger partial charge in [0.1, 0.15) is 11.8 Å². The van der Waals surface area contributed by atoms with E-state index >= 15 is 0 Å². The number of aliphatic hydroxyl groups excluding tert-OH is 1. The Morgan fingerprint density at radius 3 is 2.20 bits per heavy atom. The van der Waals surface area contributed by atoms with Gasteiger partial charge < -0.3 is 15.5 Å². The van der Waals surface area contributed by atoms with Crippen molar-refractivity contribution >= 4 is 23.0 Å². The predicted molar refractivity (Wildman–Crippen MR) is 86.2 cm³/mol. The van der Waals surface area contributed by atoms with E-state index in [1.54, 1.807) is 18.2 Å². The molecule has 0 radical (unpaired) electrons. The summed E-state index contributed by atoms with van der Waals surface area (Å²) in [6, 6.07) is 9.06. The molecule has 0 aliphatic heterocycles. The summed E-state index contributed by atoms with van der Waals surface area (Å²) in [5.41, 5.74) is -1.13. The lowest BCUT2D eigenvalue weighted by molar-refractivity contribution is -0.393. The molecule has 0 amide bonds. The Kier molecular flexibility index (Phi) is 5.25. The number of aliphatic hydroxyl groups is 1. The quantitative estimate of drug-likeness (QED) is 0.508. The molecule has 25 heavy (non-hydrogen) atoms. The van der Waals surface area contributed by atoms with Crippen molar-refractivity contribution in [2.45, 2.75) is 12.1 Å². The molecule has 0 bridgehead atoms. The number of rotatable bonds is 7. The highest BCUT2D eigenvalue weighted by atomic mass is 16.6. The number of nitro groups is 2. The van der Waals surface area contributed by atoms with Gasteiger partial charge in [-0.15, -0.1) is 0 Å². The first kappa shape index (κ1) is 17.8. The standard InChI is InChI=1S/C15H13N3O7/c19-14(9-4-2-1-3-5-9)13(15(20)21)16-11-7-6-10(17(22)23)8-12(11)18(24)25/h1-8,13-14,16,19H,(H,20,21)/t13-,14+/m0/s1. The first-order valence-corrected chi connectivity index (χ1v) is 6.96. The molecule has 2 aromatic carbocycles. The molecule has 130 valence electrons. The summed E-state index contributed by atoms with van der Waals surface area (Å²) in [6.07, 6.45) is -1.49. The lowest BCUT2D eigenvalue weighted by Gasteiger charge is -2.21. The molecular formula is C15H13N3O7. The molecule has 2 atom stereocenters. The van der Waals surface area contributed by atoms with Crippen molar-refractivity contribution in [2.75, 3.05) is 5.32 Å². The van der Waals surface area contributed by atoms with Gasteiger partial charge in [0.2, 0.25) is 0 Å². The fourth-order valence-corrected chi connectivity index (χ4v) is 2.19. The van der Waals surface area contributed by atoms with Gasteiger partial charge in [0.15, 0.2) is 6.04 Å².